The van der Waals surface area contributed by atoms with Crippen LogP contribution in [0, 0.1) is 11.6 Å². The molecule has 0 saturated carbocycles. The highest BCUT2D eigenvalue weighted by atomic mass is 19.1. The van der Waals surface area contributed by atoms with E-state index in [9.17, 15) is 13.6 Å². The molecule has 0 aliphatic heterocycles. The average molecular weight is 288 g/mol. The Balaban J connectivity index is 2.23. The molecule has 0 radical (unpaired) electrons. The van der Waals surface area contributed by atoms with E-state index in [-0.39, 0.29) is 31.5 Å². The van der Waals surface area contributed by atoms with Crippen molar-refractivity contribution in [3.63, 3.8) is 0 Å². The fraction of sp³-hybridized carbons (Fsp3) is 0.462. The highest BCUT2D eigenvalue weighted by molar-refractivity contribution is 5.74. The number of aliphatic hydroxyl groups excluding tert-OH is 1. The zero-order valence-electron chi connectivity index (χ0n) is 11.2. The van der Waals surface area contributed by atoms with E-state index < -0.39 is 17.7 Å². The molecule has 112 valence electrons. The molecular weight excluding hydrogens is 270 g/mol. The minimum Gasteiger partial charge on any atom is -0.489 e. The van der Waals surface area contributed by atoms with Gasteiger partial charge in [-0.05, 0) is 25.5 Å². The smallest absolute Gasteiger partial charge is 0.315 e. The van der Waals surface area contributed by atoms with E-state index in [1.807, 2.05) is 0 Å². The lowest BCUT2D eigenvalue weighted by molar-refractivity contribution is 0.227. The summed E-state index contributed by atoms with van der Waals surface area (Å²) in [5, 5.41) is 13.8. The predicted molar refractivity (Wildman–Crippen MR) is 69.6 cm³/mol. The van der Waals surface area contributed by atoms with E-state index in [1.54, 1.807) is 6.92 Å². The van der Waals surface area contributed by atoms with Gasteiger partial charge in [-0.25, -0.2) is 13.6 Å². The molecule has 1 aromatic carbocycles. The van der Waals surface area contributed by atoms with Crippen molar-refractivity contribution in [3.05, 3.63) is 29.8 Å². The number of carbonyl (C=O) groups is 1. The minimum atomic E-state index is -0.786. The Labute approximate surface area is 115 Å². The number of urea groups is 1. The molecule has 3 N–H and O–H groups in total. The van der Waals surface area contributed by atoms with Crippen LogP contribution in [0.25, 0.3) is 0 Å². The van der Waals surface area contributed by atoms with E-state index in [0.717, 1.165) is 12.1 Å². The van der Waals surface area contributed by atoms with Crippen molar-refractivity contribution in [1.29, 1.82) is 0 Å². The number of amides is 2. The normalized spacial score (nSPS) is 11.8. The number of aliphatic hydroxyl groups is 1. The molecule has 20 heavy (non-hydrogen) atoms. The molecule has 2 amide bonds. The monoisotopic (exact) mass is 288 g/mol. The van der Waals surface area contributed by atoms with Crippen LogP contribution in [0.5, 0.6) is 5.75 Å². The van der Waals surface area contributed by atoms with Gasteiger partial charge in [-0.3, -0.25) is 0 Å². The molecule has 0 unspecified atom stereocenters. The highest BCUT2D eigenvalue weighted by Gasteiger charge is 2.07. The number of halogens is 2. The van der Waals surface area contributed by atoms with Crippen LogP contribution >= 0.6 is 0 Å². The van der Waals surface area contributed by atoms with E-state index in [1.165, 1.54) is 6.07 Å². The Morgan fingerprint density at radius 3 is 2.85 bits per heavy atom. The lowest BCUT2D eigenvalue weighted by atomic mass is 10.2. The Morgan fingerprint density at radius 1 is 1.45 bits per heavy atom. The first-order chi connectivity index (χ1) is 9.52. The second-order valence-corrected chi connectivity index (χ2v) is 4.24. The topological polar surface area (TPSA) is 70.6 Å². The molecule has 0 aromatic heterocycles. The Hall–Kier alpha value is -1.89. The van der Waals surface area contributed by atoms with Gasteiger partial charge in [0.1, 0.15) is 12.4 Å². The standard InChI is InChI=1S/C13H18F2N2O3/c1-9(4-6-18)17-13(19)16-5-7-20-12-3-2-10(14)8-11(12)15/h2-3,8-9,18H,4-7H2,1H3,(H2,16,17,19)/t9-/m1/s1. The van der Waals surface area contributed by atoms with Crippen molar-refractivity contribution >= 4 is 6.03 Å². The summed E-state index contributed by atoms with van der Waals surface area (Å²) in [6, 6.07) is 2.47. The first-order valence-electron chi connectivity index (χ1n) is 6.26. The number of benzene rings is 1. The third-order valence-electron chi connectivity index (χ3n) is 2.48. The molecule has 1 atom stereocenters. The van der Waals surface area contributed by atoms with Crippen LogP contribution in [-0.4, -0.2) is 36.9 Å². The van der Waals surface area contributed by atoms with Crippen LogP contribution in [0.3, 0.4) is 0 Å². The van der Waals surface area contributed by atoms with Crippen molar-refractivity contribution in [2.24, 2.45) is 0 Å². The SMILES string of the molecule is C[C@H](CCO)NC(=O)NCCOc1ccc(F)cc1F. The molecular formula is C13H18F2N2O3. The summed E-state index contributed by atoms with van der Waals surface area (Å²) in [7, 11) is 0. The van der Waals surface area contributed by atoms with Gasteiger partial charge in [0.05, 0.1) is 6.54 Å². The molecule has 0 spiro atoms. The maximum Gasteiger partial charge on any atom is 0.315 e. The maximum absolute atomic E-state index is 13.2. The second-order valence-electron chi connectivity index (χ2n) is 4.24. The third kappa shape index (κ3) is 5.83. The summed E-state index contributed by atoms with van der Waals surface area (Å²) >= 11 is 0. The maximum atomic E-state index is 13.2. The average Bonchev–Trinajstić information content (AvgIpc) is 2.36. The molecule has 1 aromatic rings. The summed E-state index contributed by atoms with van der Waals surface area (Å²) in [5.41, 5.74) is 0. The number of ether oxygens (including phenoxy) is 1. The molecule has 0 aliphatic carbocycles. The number of hydrogen-bond donors (Lipinski definition) is 3. The quantitative estimate of drug-likeness (QED) is 0.664. The highest BCUT2D eigenvalue weighted by Crippen LogP contribution is 2.17. The molecule has 0 aliphatic rings. The molecule has 0 fully saturated rings. The van der Waals surface area contributed by atoms with E-state index in [4.69, 9.17) is 9.84 Å². The van der Waals surface area contributed by atoms with Gasteiger partial charge in [0.15, 0.2) is 11.6 Å². The van der Waals surface area contributed by atoms with Gasteiger partial charge in [0.25, 0.3) is 0 Å². The first kappa shape index (κ1) is 16.2. The van der Waals surface area contributed by atoms with Gasteiger partial charge in [0, 0.05) is 18.7 Å². The van der Waals surface area contributed by atoms with Gasteiger partial charge in [0.2, 0.25) is 0 Å². The zero-order chi connectivity index (χ0) is 15.0. The van der Waals surface area contributed by atoms with Crippen LogP contribution in [-0.2, 0) is 0 Å². The molecule has 7 heteroatoms. The summed E-state index contributed by atoms with van der Waals surface area (Å²) in [6.45, 7) is 1.99. The van der Waals surface area contributed by atoms with Gasteiger partial charge in [-0.1, -0.05) is 0 Å². The van der Waals surface area contributed by atoms with Gasteiger partial charge in [-0.2, -0.15) is 0 Å². The fourth-order valence-electron chi connectivity index (χ4n) is 1.46. The Kier molecular flexibility index (Phi) is 6.72. The molecule has 1 rings (SSSR count). The van der Waals surface area contributed by atoms with E-state index >= 15 is 0 Å². The predicted octanol–water partition coefficient (Wildman–Crippen LogP) is 1.41. The Morgan fingerprint density at radius 2 is 2.20 bits per heavy atom. The van der Waals surface area contributed by atoms with E-state index in [2.05, 4.69) is 10.6 Å². The lowest BCUT2D eigenvalue weighted by Gasteiger charge is -2.13. The fourth-order valence-corrected chi connectivity index (χ4v) is 1.46. The van der Waals surface area contributed by atoms with Gasteiger partial charge < -0.3 is 20.5 Å². The number of hydrogen-bond acceptors (Lipinski definition) is 3. The van der Waals surface area contributed by atoms with Crippen molar-refractivity contribution in [2.45, 2.75) is 19.4 Å². The molecule has 5 nitrogen and oxygen atoms in total. The van der Waals surface area contributed by atoms with Crippen LogP contribution in [0.4, 0.5) is 13.6 Å². The summed E-state index contributed by atoms with van der Waals surface area (Å²) in [5.74, 6) is -1.53. The lowest BCUT2D eigenvalue weighted by Crippen LogP contribution is -2.42. The number of rotatable bonds is 7. The van der Waals surface area contributed by atoms with Crippen LogP contribution < -0.4 is 15.4 Å². The van der Waals surface area contributed by atoms with Gasteiger partial charge in [-0.15, -0.1) is 0 Å². The van der Waals surface area contributed by atoms with E-state index in [0.29, 0.717) is 6.42 Å². The van der Waals surface area contributed by atoms with Crippen LogP contribution in [0.15, 0.2) is 18.2 Å². The third-order valence-corrected chi connectivity index (χ3v) is 2.48. The first-order valence-corrected chi connectivity index (χ1v) is 6.26. The van der Waals surface area contributed by atoms with Crippen LogP contribution in [0.1, 0.15) is 13.3 Å². The number of nitrogens with one attached hydrogen (secondary N) is 2. The van der Waals surface area contributed by atoms with Crippen molar-refractivity contribution < 1.29 is 23.4 Å². The number of carbonyl (C=O) groups excluding carboxylic acids is 1. The largest absolute Gasteiger partial charge is 0.489 e. The second kappa shape index (κ2) is 8.31. The van der Waals surface area contributed by atoms with Gasteiger partial charge >= 0.3 is 6.03 Å². The van der Waals surface area contributed by atoms with Crippen molar-refractivity contribution in [3.8, 4) is 5.75 Å². The summed E-state index contributed by atoms with van der Waals surface area (Å²) in [4.78, 5) is 11.4. The van der Waals surface area contributed by atoms with Crippen molar-refractivity contribution in [1.82, 2.24) is 10.6 Å². The molecule has 0 bridgehead atoms. The zero-order valence-corrected chi connectivity index (χ0v) is 11.2. The minimum absolute atomic E-state index is 0.00555. The molecule has 0 heterocycles. The summed E-state index contributed by atoms with van der Waals surface area (Å²) < 4.78 is 30.9. The van der Waals surface area contributed by atoms with Crippen LogP contribution in [0.2, 0.25) is 0 Å². The Bertz CT molecular complexity index is 444. The summed E-state index contributed by atoms with van der Waals surface area (Å²) in [6.07, 6.45) is 0.463. The van der Waals surface area contributed by atoms with Crippen molar-refractivity contribution in [2.75, 3.05) is 19.8 Å². The molecule has 0 saturated heterocycles.